The summed E-state index contributed by atoms with van der Waals surface area (Å²) in [6.45, 7) is 1.88. The van der Waals surface area contributed by atoms with E-state index in [9.17, 15) is 19.5 Å². The Hall–Kier alpha value is -4.21. The smallest absolute Gasteiger partial charge is 0.305 e. The Labute approximate surface area is 222 Å². The number of hydrogen-bond acceptors (Lipinski definition) is 6. The quantitative estimate of drug-likeness (QED) is 0.313. The van der Waals surface area contributed by atoms with E-state index in [2.05, 4.69) is 10.6 Å². The van der Waals surface area contributed by atoms with Gasteiger partial charge in [-0.15, -0.1) is 0 Å². The summed E-state index contributed by atoms with van der Waals surface area (Å²) < 4.78 is 0. The van der Waals surface area contributed by atoms with Crippen LogP contribution >= 0.6 is 0 Å². The van der Waals surface area contributed by atoms with Crippen molar-refractivity contribution in [3.8, 4) is 0 Å². The Morgan fingerprint density at radius 2 is 1.39 bits per heavy atom. The average molecular weight is 519 g/mol. The second-order valence-electron chi connectivity index (χ2n) is 9.22. The summed E-state index contributed by atoms with van der Waals surface area (Å²) in [6.07, 6.45) is 0.107. The standard InChI is InChI=1S/C29H34N4O5/c1-20(22-13-9-6-10-14-22)30-28(36)23-16-24(18-26(17-23)33(4)38-32(2)3)29(37)31-25(19-27(34)35)15-21-11-7-5-8-12-21/h5-14,16-18,20,25H,15,19H2,1-4H3,(H,30,36)(H,31,37)(H,34,35)/t20-,25?/m1/s1. The van der Waals surface area contributed by atoms with Crippen LogP contribution < -0.4 is 15.7 Å². The number of rotatable bonds is 12. The molecule has 0 bridgehead atoms. The second-order valence-corrected chi connectivity index (χ2v) is 9.22. The van der Waals surface area contributed by atoms with Crippen LogP contribution in [0, 0.1) is 0 Å². The highest BCUT2D eigenvalue weighted by Crippen LogP contribution is 2.21. The monoisotopic (exact) mass is 518 g/mol. The third-order valence-corrected chi connectivity index (χ3v) is 5.82. The van der Waals surface area contributed by atoms with E-state index in [1.807, 2.05) is 67.6 Å². The molecule has 0 aliphatic rings. The van der Waals surface area contributed by atoms with Gasteiger partial charge in [0.05, 0.1) is 18.2 Å². The fraction of sp³-hybridized carbons (Fsp3) is 0.276. The second kappa shape index (κ2) is 13.4. The number of benzene rings is 3. The van der Waals surface area contributed by atoms with Gasteiger partial charge < -0.3 is 15.7 Å². The Morgan fingerprint density at radius 3 is 1.95 bits per heavy atom. The van der Waals surface area contributed by atoms with Gasteiger partial charge in [-0.05, 0) is 42.7 Å². The van der Waals surface area contributed by atoms with E-state index >= 15 is 0 Å². The molecular formula is C29H34N4O5. The van der Waals surface area contributed by atoms with Crippen molar-refractivity contribution in [1.82, 2.24) is 15.7 Å². The molecule has 0 saturated carbocycles. The number of nitrogens with zero attached hydrogens (tertiary/aromatic N) is 2. The molecule has 0 fully saturated rings. The van der Waals surface area contributed by atoms with Crippen LogP contribution in [-0.4, -0.2) is 55.1 Å². The lowest BCUT2D eigenvalue weighted by Gasteiger charge is -2.24. The van der Waals surface area contributed by atoms with Crippen molar-refractivity contribution >= 4 is 23.5 Å². The molecule has 2 amide bonds. The molecule has 0 heterocycles. The van der Waals surface area contributed by atoms with E-state index in [4.69, 9.17) is 4.94 Å². The third-order valence-electron chi connectivity index (χ3n) is 5.82. The molecule has 38 heavy (non-hydrogen) atoms. The number of carboxylic acids is 1. The molecule has 0 spiro atoms. The molecule has 3 aromatic rings. The van der Waals surface area contributed by atoms with Crippen LogP contribution in [0.2, 0.25) is 0 Å². The molecule has 2 atom stereocenters. The van der Waals surface area contributed by atoms with Crippen LogP contribution in [0.3, 0.4) is 0 Å². The summed E-state index contributed by atoms with van der Waals surface area (Å²) in [6, 6.07) is 22.7. The third kappa shape index (κ3) is 8.43. The molecule has 9 nitrogen and oxygen atoms in total. The predicted molar refractivity (Wildman–Crippen MR) is 146 cm³/mol. The van der Waals surface area contributed by atoms with Gasteiger partial charge in [0.25, 0.3) is 11.8 Å². The molecule has 0 aliphatic heterocycles. The Kier molecular flexibility index (Phi) is 9.98. The number of hydrogen-bond donors (Lipinski definition) is 3. The van der Waals surface area contributed by atoms with E-state index in [0.29, 0.717) is 12.1 Å². The zero-order valence-corrected chi connectivity index (χ0v) is 22.0. The SMILES string of the molecule is C[C@@H](NC(=O)c1cc(C(=O)NC(CC(=O)O)Cc2ccccc2)cc(N(C)ON(C)C)c1)c1ccccc1. The van der Waals surface area contributed by atoms with E-state index in [1.165, 1.54) is 16.2 Å². The summed E-state index contributed by atoms with van der Waals surface area (Å²) in [5, 5.41) is 18.1. The van der Waals surface area contributed by atoms with Crippen LogP contribution in [0.5, 0.6) is 0 Å². The Balaban J connectivity index is 1.88. The van der Waals surface area contributed by atoms with Crippen molar-refractivity contribution < 1.29 is 24.4 Å². The molecular weight excluding hydrogens is 484 g/mol. The number of carboxylic acid groups (broad SMARTS) is 1. The fourth-order valence-corrected chi connectivity index (χ4v) is 4.00. The maximum Gasteiger partial charge on any atom is 0.305 e. The summed E-state index contributed by atoms with van der Waals surface area (Å²) in [7, 11) is 5.08. The van der Waals surface area contributed by atoms with Gasteiger partial charge in [-0.1, -0.05) is 60.7 Å². The molecule has 9 heteroatoms. The van der Waals surface area contributed by atoms with E-state index in [-0.39, 0.29) is 29.5 Å². The number of anilines is 1. The van der Waals surface area contributed by atoms with Crippen LogP contribution in [0.4, 0.5) is 5.69 Å². The highest BCUT2D eigenvalue weighted by atomic mass is 16.8. The van der Waals surface area contributed by atoms with Crippen molar-refractivity contribution in [3.05, 3.63) is 101 Å². The first-order valence-corrected chi connectivity index (χ1v) is 12.3. The highest BCUT2D eigenvalue weighted by Gasteiger charge is 2.21. The van der Waals surface area contributed by atoms with Gasteiger partial charge >= 0.3 is 5.97 Å². The molecule has 200 valence electrons. The van der Waals surface area contributed by atoms with E-state index in [1.54, 1.807) is 33.3 Å². The number of aliphatic carboxylic acids is 1. The first-order valence-electron chi connectivity index (χ1n) is 12.3. The summed E-state index contributed by atoms with van der Waals surface area (Å²) in [4.78, 5) is 43.6. The van der Waals surface area contributed by atoms with Gasteiger partial charge in [-0.3, -0.25) is 14.4 Å². The minimum Gasteiger partial charge on any atom is -0.481 e. The predicted octanol–water partition coefficient (Wildman–Crippen LogP) is 3.84. The average Bonchev–Trinajstić information content (AvgIpc) is 2.88. The van der Waals surface area contributed by atoms with Crippen molar-refractivity contribution in [3.63, 3.8) is 0 Å². The van der Waals surface area contributed by atoms with Crippen LogP contribution in [-0.2, 0) is 16.2 Å². The summed E-state index contributed by atoms with van der Waals surface area (Å²) in [5.41, 5.74) is 2.80. The van der Waals surface area contributed by atoms with Gasteiger partial charge in [0.2, 0.25) is 0 Å². The molecule has 0 saturated heterocycles. The van der Waals surface area contributed by atoms with Crippen molar-refractivity contribution in [2.45, 2.75) is 31.8 Å². The minimum atomic E-state index is -1.02. The first kappa shape index (κ1) is 28.4. The maximum atomic E-state index is 13.3. The normalized spacial score (nSPS) is 12.4. The number of hydroxylamine groups is 3. The number of carbonyl (C=O) groups is 3. The molecule has 1 unspecified atom stereocenters. The highest BCUT2D eigenvalue weighted by molar-refractivity contribution is 6.01. The van der Waals surface area contributed by atoms with Gasteiger partial charge in [-0.25, -0.2) is 5.06 Å². The molecule has 0 radical (unpaired) electrons. The Bertz CT molecular complexity index is 1230. The lowest BCUT2D eigenvalue weighted by atomic mass is 10.0. The molecule has 0 aliphatic carbocycles. The van der Waals surface area contributed by atoms with Gasteiger partial charge in [-0.2, -0.15) is 10.0 Å². The molecule has 0 aromatic heterocycles. The molecule has 3 aromatic carbocycles. The number of nitrogens with one attached hydrogen (secondary N) is 2. The maximum absolute atomic E-state index is 13.3. The van der Waals surface area contributed by atoms with Crippen molar-refractivity contribution in [2.75, 3.05) is 26.2 Å². The van der Waals surface area contributed by atoms with E-state index < -0.39 is 17.9 Å². The summed E-state index contributed by atoms with van der Waals surface area (Å²) >= 11 is 0. The fourth-order valence-electron chi connectivity index (χ4n) is 4.00. The van der Waals surface area contributed by atoms with Gasteiger partial charge in [0.1, 0.15) is 0 Å². The minimum absolute atomic E-state index is 0.206. The zero-order valence-electron chi connectivity index (χ0n) is 22.0. The lowest BCUT2D eigenvalue weighted by Crippen LogP contribution is -2.38. The van der Waals surface area contributed by atoms with Gasteiger partial charge in [0, 0.05) is 38.3 Å². The van der Waals surface area contributed by atoms with E-state index in [0.717, 1.165) is 11.1 Å². The number of amides is 2. The lowest BCUT2D eigenvalue weighted by molar-refractivity contribution is -0.137. The Morgan fingerprint density at radius 1 is 0.842 bits per heavy atom. The van der Waals surface area contributed by atoms with Crippen molar-refractivity contribution in [2.24, 2.45) is 0 Å². The molecule has 3 rings (SSSR count). The van der Waals surface area contributed by atoms with Crippen molar-refractivity contribution in [1.29, 1.82) is 0 Å². The van der Waals surface area contributed by atoms with Crippen LogP contribution in [0.15, 0.2) is 78.9 Å². The largest absolute Gasteiger partial charge is 0.481 e. The van der Waals surface area contributed by atoms with Gasteiger partial charge in [0.15, 0.2) is 0 Å². The molecule has 3 N–H and O–H groups in total. The topological polar surface area (TPSA) is 111 Å². The van der Waals surface area contributed by atoms with Crippen LogP contribution in [0.25, 0.3) is 0 Å². The summed E-state index contributed by atoms with van der Waals surface area (Å²) in [5.74, 6) is -1.87. The van der Waals surface area contributed by atoms with Crippen LogP contribution in [0.1, 0.15) is 51.2 Å². The first-order chi connectivity index (χ1) is 18.1. The zero-order chi connectivity index (χ0) is 27.7. The number of carbonyl (C=O) groups excluding carboxylic acids is 2.